The molecule has 1 aliphatic heterocycles. The molecule has 1 aliphatic rings. The number of hydrogen-bond donors (Lipinski definition) is 1. The topological polar surface area (TPSA) is 29.5 Å². The summed E-state index contributed by atoms with van der Waals surface area (Å²) in [5.74, 6) is 0. The predicted molar refractivity (Wildman–Crippen MR) is 72.0 cm³/mol. The summed E-state index contributed by atoms with van der Waals surface area (Å²) in [7, 11) is 0. The van der Waals surface area contributed by atoms with Crippen LogP contribution in [-0.2, 0) is 4.74 Å². The Balaban J connectivity index is 2.70. The van der Waals surface area contributed by atoms with Gasteiger partial charge in [-0.2, -0.15) is 0 Å². The molecule has 98 valence electrons. The molecule has 1 saturated heterocycles. The molecule has 17 heavy (non-hydrogen) atoms. The Morgan fingerprint density at radius 2 is 2.12 bits per heavy atom. The fourth-order valence-electron chi connectivity index (χ4n) is 2.39. The highest BCUT2D eigenvalue weighted by Crippen LogP contribution is 2.38. The molecule has 3 unspecified atom stereocenters. The Kier molecular flexibility index (Phi) is 4.56. The zero-order chi connectivity index (χ0) is 13.1. The van der Waals surface area contributed by atoms with Gasteiger partial charge in [-0.15, -0.1) is 6.58 Å². The first-order valence-electron chi connectivity index (χ1n) is 6.46. The van der Waals surface area contributed by atoms with Crippen LogP contribution < -0.4 is 0 Å². The SMILES string of the molecule is C=CC1(C)CCC(O)C(C)(CCC=C(C)C)O1. The molecule has 0 bridgehead atoms. The van der Waals surface area contributed by atoms with Crippen LogP contribution in [0.5, 0.6) is 0 Å². The fraction of sp³-hybridized carbons (Fsp3) is 0.733. The number of aliphatic hydroxyl groups is 1. The third-order valence-electron chi connectivity index (χ3n) is 3.71. The quantitative estimate of drug-likeness (QED) is 0.758. The van der Waals surface area contributed by atoms with E-state index in [2.05, 4.69) is 26.5 Å². The molecule has 0 aromatic heterocycles. The van der Waals surface area contributed by atoms with Gasteiger partial charge in [-0.25, -0.2) is 0 Å². The van der Waals surface area contributed by atoms with Gasteiger partial charge in [0.15, 0.2) is 0 Å². The van der Waals surface area contributed by atoms with Crippen LogP contribution in [0.25, 0.3) is 0 Å². The van der Waals surface area contributed by atoms with Crippen LogP contribution >= 0.6 is 0 Å². The number of allylic oxidation sites excluding steroid dienone is 2. The molecule has 1 fully saturated rings. The molecule has 1 N–H and O–H groups in total. The average molecular weight is 238 g/mol. The minimum atomic E-state index is -0.451. The second-order valence-corrected chi connectivity index (χ2v) is 5.81. The van der Waals surface area contributed by atoms with E-state index in [0.29, 0.717) is 0 Å². The number of rotatable bonds is 4. The third-order valence-corrected chi connectivity index (χ3v) is 3.71. The van der Waals surface area contributed by atoms with E-state index in [9.17, 15) is 5.11 Å². The molecule has 2 nitrogen and oxygen atoms in total. The van der Waals surface area contributed by atoms with Gasteiger partial charge in [0.05, 0.1) is 17.3 Å². The van der Waals surface area contributed by atoms with E-state index in [1.807, 2.05) is 19.9 Å². The van der Waals surface area contributed by atoms with Crippen LogP contribution in [0.15, 0.2) is 24.3 Å². The van der Waals surface area contributed by atoms with Crippen molar-refractivity contribution in [3.8, 4) is 0 Å². The first-order valence-corrected chi connectivity index (χ1v) is 6.46. The van der Waals surface area contributed by atoms with E-state index in [1.165, 1.54) is 5.57 Å². The molecule has 0 aliphatic carbocycles. The Labute approximate surface area is 105 Å². The average Bonchev–Trinajstić information content (AvgIpc) is 2.24. The van der Waals surface area contributed by atoms with Crippen molar-refractivity contribution in [3.63, 3.8) is 0 Å². The van der Waals surface area contributed by atoms with Gasteiger partial charge in [-0.05, 0) is 53.4 Å². The lowest BCUT2D eigenvalue weighted by Gasteiger charge is -2.47. The summed E-state index contributed by atoms with van der Waals surface area (Å²) in [5.41, 5.74) is 0.567. The van der Waals surface area contributed by atoms with Crippen molar-refractivity contribution >= 4 is 0 Å². The molecular weight excluding hydrogens is 212 g/mol. The summed E-state index contributed by atoms with van der Waals surface area (Å²) in [6, 6.07) is 0. The minimum absolute atomic E-state index is 0.293. The molecule has 0 spiro atoms. The maximum Gasteiger partial charge on any atom is 0.0926 e. The third kappa shape index (κ3) is 3.68. The van der Waals surface area contributed by atoms with Crippen LogP contribution in [-0.4, -0.2) is 22.4 Å². The predicted octanol–water partition coefficient (Wildman–Crippen LogP) is 3.61. The highest BCUT2D eigenvalue weighted by atomic mass is 16.5. The van der Waals surface area contributed by atoms with E-state index in [0.717, 1.165) is 25.7 Å². The summed E-state index contributed by atoms with van der Waals surface area (Å²) >= 11 is 0. The number of ether oxygens (including phenoxy) is 1. The second-order valence-electron chi connectivity index (χ2n) is 5.81. The van der Waals surface area contributed by atoms with Crippen LogP contribution in [0.4, 0.5) is 0 Å². The summed E-state index contributed by atoms with van der Waals surface area (Å²) < 4.78 is 6.11. The van der Waals surface area contributed by atoms with Gasteiger partial charge < -0.3 is 9.84 Å². The Hall–Kier alpha value is -0.600. The highest BCUT2D eigenvalue weighted by Gasteiger charge is 2.43. The van der Waals surface area contributed by atoms with Crippen molar-refractivity contribution in [3.05, 3.63) is 24.3 Å². The summed E-state index contributed by atoms with van der Waals surface area (Å²) in [6.07, 6.45) is 7.11. The molecule has 1 heterocycles. The highest BCUT2D eigenvalue weighted by molar-refractivity contribution is 5.04. The number of hydrogen-bond acceptors (Lipinski definition) is 2. The van der Waals surface area contributed by atoms with Gasteiger partial charge in [-0.1, -0.05) is 17.7 Å². The second kappa shape index (κ2) is 5.36. The zero-order valence-corrected chi connectivity index (χ0v) is 11.6. The maximum absolute atomic E-state index is 10.1. The largest absolute Gasteiger partial charge is 0.390 e. The van der Waals surface area contributed by atoms with Gasteiger partial charge in [0.2, 0.25) is 0 Å². The van der Waals surface area contributed by atoms with E-state index in [1.54, 1.807) is 0 Å². The normalized spacial score (nSPS) is 37.6. The van der Waals surface area contributed by atoms with Crippen LogP contribution in [0.1, 0.15) is 53.4 Å². The van der Waals surface area contributed by atoms with Crippen LogP contribution in [0.3, 0.4) is 0 Å². The van der Waals surface area contributed by atoms with Crippen molar-refractivity contribution in [2.24, 2.45) is 0 Å². The van der Waals surface area contributed by atoms with Crippen molar-refractivity contribution in [1.82, 2.24) is 0 Å². The Morgan fingerprint density at radius 1 is 1.47 bits per heavy atom. The van der Waals surface area contributed by atoms with Crippen molar-refractivity contribution in [1.29, 1.82) is 0 Å². The first-order chi connectivity index (χ1) is 7.81. The van der Waals surface area contributed by atoms with Gasteiger partial charge in [0.1, 0.15) is 0 Å². The first kappa shape index (κ1) is 14.5. The lowest BCUT2D eigenvalue weighted by Crippen LogP contribution is -2.52. The minimum Gasteiger partial charge on any atom is -0.390 e. The fourth-order valence-corrected chi connectivity index (χ4v) is 2.39. The van der Waals surface area contributed by atoms with Gasteiger partial charge in [0.25, 0.3) is 0 Å². The molecule has 0 aromatic carbocycles. The monoisotopic (exact) mass is 238 g/mol. The lowest BCUT2D eigenvalue weighted by molar-refractivity contribution is -0.207. The smallest absolute Gasteiger partial charge is 0.0926 e. The zero-order valence-electron chi connectivity index (χ0n) is 11.6. The summed E-state index contributed by atoms with van der Waals surface area (Å²) in [5, 5.41) is 10.1. The maximum atomic E-state index is 10.1. The van der Waals surface area contributed by atoms with E-state index in [-0.39, 0.29) is 11.7 Å². The van der Waals surface area contributed by atoms with Gasteiger partial charge >= 0.3 is 0 Å². The molecule has 3 atom stereocenters. The standard InChI is InChI=1S/C15H26O2/c1-6-14(4)11-9-13(16)15(5,17-14)10-7-8-12(2)3/h6,8,13,16H,1,7,9-11H2,2-5H3. The molecular formula is C15H26O2. The van der Waals surface area contributed by atoms with Crippen LogP contribution in [0, 0.1) is 0 Å². The summed E-state index contributed by atoms with van der Waals surface area (Å²) in [4.78, 5) is 0. The molecule has 0 saturated carbocycles. The van der Waals surface area contributed by atoms with E-state index in [4.69, 9.17) is 4.74 Å². The van der Waals surface area contributed by atoms with Crippen molar-refractivity contribution < 1.29 is 9.84 Å². The Bertz CT molecular complexity index is 304. The molecule has 0 amide bonds. The molecule has 1 rings (SSSR count). The van der Waals surface area contributed by atoms with Gasteiger partial charge in [0, 0.05) is 0 Å². The van der Waals surface area contributed by atoms with Crippen molar-refractivity contribution in [2.75, 3.05) is 0 Å². The van der Waals surface area contributed by atoms with Crippen LogP contribution in [0.2, 0.25) is 0 Å². The van der Waals surface area contributed by atoms with E-state index < -0.39 is 5.60 Å². The lowest BCUT2D eigenvalue weighted by atomic mass is 9.82. The number of aliphatic hydroxyl groups excluding tert-OH is 1. The molecule has 2 heteroatoms. The molecule has 0 radical (unpaired) electrons. The van der Waals surface area contributed by atoms with Crippen molar-refractivity contribution in [2.45, 2.75) is 70.7 Å². The van der Waals surface area contributed by atoms with Gasteiger partial charge in [-0.3, -0.25) is 0 Å². The molecule has 0 aromatic rings. The summed E-state index contributed by atoms with van der Waals surface area (Å²) in [6.45, 7) is 12.1. The Morgan fingerprint density at radius 3 is 2.65 bits per heavy atom. The van der Waals surface area contributed by atoms with E-state index >= 15 is 0 Å².